The van der Waals surface area contributed by atoms with Crippen molar-refractivity contribution in [3.8, 4) is 5.00 Å². The third-order valence-corrected chi connectivity index (χ3v) is 8.51. The molecule has 2 aliphatic rings. The molecule has 1 aliphatic carbocycles. The van der Waals surface area contributed by atoms with Gasteiger partial charge in [0.15, 0.2) is 0 Å². The lowest BCUT2D eigenvalue weighted by Crippen LogP contribution is -2.42. The van der Waals surface area contributed by atoms with Gasteiger partial charge in [-0.3, -0.25) is 0 Å². The van der Waals surface area contributed by atoms with E-state index in [0.717, 1.165) is 47.2 Å². The third kappa shape index (κ3) is 4.22. The minimum Gasteiger partial charge on any atom is -0.338 e. The zero-order chi connectivity index (χ0) is 24.6. The van der Waals surface area contributed by atoms with E-state index in [1.807, 2.05) is 48.7 Å². The number of fused-ring (bicyclic) bond motifs is 5. The molecular weight excluding hydrogens is 476 g/mol. The van der Waals surface area contributed by atoms with Crippen LogP contribution in [-0.4, -0.2) is 22.0 Å². The average Bonchev–Trinajstić information content (AvgIpc) is 3.46. The predicted molar refractivity (Wildman–Crippen MR) is 138 cm³/mol. The Bertz CT molecular complexity index is 1390. The maximum absolute atomic E-state index is 14.4. The number of halogens is 2. The molecule has 0 fully saturated rings. The molecule has 6 rings (SSSR count). The maximum Gasteiger partial charge on any atom is 0.318 e. The summed E-state index contributed by atoms with van der Waals surface area (Å²) in [6.07, 6.45) is 7.08. The number of urea groups is 1. The fourth-order valence-electron chi connectivity index (χ4n) is 5.53. The van der Waals surface area contributed by atoms with Gasteiger partial charge in [-0.2, -0.15) is 0 Å². The summed E-state index contributed by atoms with van der Waals surface area (Å²) in [7, 11) is 0. The molecule has 4 nitrogen and oxygen atoms in total. The number of thiophene rings is 1. The smallest absolute Gasteiger partial charge is 0.318 e. The summed E-state index contributed by atoms with van der Waals surface area (Å²) in [6.45, 7) is 0.863. The van der Waals surface area contributed by atoms with E-state index in [2.05, 4.69) is 9.88 Å². The highest BCUT2D eigenvalue weighted by atomic mass is 32.1. The monoisotopic (exact) mass is 503 g/mol. The van der Waals surface area contributed by atoms with Gasteiger partial charge in [0.2, 0.25) is 0 Å². The molecule has 4 aromatic rings. The zero-order valence-corrected chi connectivity index (χ0v) is 20.7. The lowest BCUT2D eigenvalue weighted by Gasteiger charge is -2.31. The van der Waals surface area contributed by atoms with Gasteiger partial charge in [0.05, 0.1) is 12.2 Å². The van der Waals surface area contributed by atoms with Crippen molar-refractivity contribution >= 4 is 17.4 Å². The van der Waals surface area contributed by atoms with Gasteiger partial charge < -0.3 is 14.8 Å². The largest absolute Gasteiger partial charge is 0.338 e. The Kier molecular flexibility index (Phi) is 6.09. The van der Waals surface area contributed by atoms with Crippen LogP contribution < -0.4 is 5.32 Å². The summed E-state index contributed by atoms with van der Waals surface area (Å²) in [5.41, 5.74) is 4.89. The molecule has 3 heterocycles. The normalized spacial score (nSPS) is 16.6. The van der Waals surface area contributed by atoms with Gasteiger partial charge in [-0.1, -0.05) is 30.3 Å². The van der Waals surface area contributed by atoms with Crippen molar-refractivity contribution in [1.29, 1.82) is 0 Å². The molecule has 0 saturated heterocycles. The highest BCUT2D eigenvalue weighted by molar-refractivity contribution is 7.15. The van der Waals surface area contributed by atoms with E-state index in [1.165, 1.54) is 29.0 Å². The number of carbonyl (C=O) groups is 1. The SMILES string of the molecule is O=C(NCCc1ccccc1)N1Cc2c(sc3c2CCCC3)-n2cccc2[C@H]1c1cc(F)cc(F)c1. The molecule has 0 unspecified atom stereocenters. The number of aromatic nitrogens is 1. The van der Waals surface area contributed by atoms with Crippen molar-refractivity contribution in [2.24, 2.45) is 0 Å². The first kappa shape index (κ1) is 23.0. The third-order valence-electron chi connectivity index (χ3n) is 7.17. The summed E-state index contributed by atoms with van der Waals surface area (Å²) in [5, 5.41) is 4.19. The molecule has 1 N–H and O–H groups in total. The Morgan fingerprint density at radius 3 is 2.56 bits per heavy atom. The number of hydrogen-bond donors (Lipinski definition) is 1. The molecule has 1 atom stereocenters. The van der Waals surface area contributed by atoms with Crippen LogP contribution in [0.15, 0.2) is 66.9 Å². The number of aryl methyl sites for hydroxylation is 1. The molecule has 1 aliphatic heterocycles. The Morgan fingerprint density at radius 1 is 0.972 bits per heavy atom. The first-order chi connectivity index (χ1) is 17.6. The molecule has 0 radical (unpaired) electrons. The van der Waals surface area contributed by atoms with Crippen LogP contribution in [0.25, 0.3) is 5.00 Å². The maximum atomic E-state index is 14.4. The van der Waals surface area contributed by atoms with Gasteiger partial charge >= 0.3 is 6.03 Å². The second-order valence-electron chi connectivity index (χ2n) is 9.50. The van der Waals surface area contributed by atoms with E-state index in [0.29, 0.717) is 25.1 Å². The Labute approximate surface area is 213 Å². The quantitative estimate of drug-likeness (QED) is 0.337. The van der Waals surface area contributed by atoms with E-state index >= 15 is 0 Å². The first-order valence-electron chi connectivity index (χ1n) is 12.4. The number of rotatable bonds is 4. The van der Waals surface area contributed by atoms with Gasteiger partial charge in [-0.25, -0.2) is 13.6 Å². The van der Waals surface area contributed by atoms with Crippen molar-refractivity contribution in [2.75, 3.05) is 6.54 Å². The van der Waals surface area contributed by atoms with E-state index in [9.17, 15) is 13.6 Å². The number of nitrogens with one attached hydrogen (secondary N) is 1. The topological polar surface area (TPSA) is 37.3 Å². The lowest BCUT2D eigenvalue weighted by molar-refractivity contribution is 0.180. The van der Waals surface area contributed by atoms with Crippen LogP contribution in [0.5, 0.6) is 0 Å². The second-order valence-corrected chi connectivity index (χ2v) is 10.6. The van der Waals surface area contributed by atoms with Crippen LogP contribution in [0.4, 0.5) is 13.6 Å². The fraction of sp³-hybridized carbons (Fsp3) is 0.276. The zero-order valence-electron chi connectivity index (χ0n) is 19.8. The van der Waals surface area contributed by atoms with Crippen molar-refractivity contribution in [2.45, 2.75) is 44.7 Å². The van der Waals surface area contributed by atoms with Crippen LogP contribution >= 0.6 is 11.3 Å². The molecule has 0 saturated carbocycles. The van der Waals surface area contributed by atoms with Crippen molar-refractivity contribution < 1.29 is 13.6 Å². The van der Waals surface area contributed by atoms with Crippen LogP contribution in [-0.2, 0) is 25.8 Å². The molecule has 0 bridgehead atoms. The molecule has 2 amide bonds. The summed E-state index contributed by atoms with van der Waals surface area (Å²) >= 11 is 1.79. The van der Waals surface area contributed by atoms with Crippen LogP contribution in [0.3, 0.4) is 0 Å². The second kappa shape index (κ2) is 9.54. The van der Waals surface area contributed by atoms with E-state index < -0.39 is 17.7 Å². The molecule has 7 heteroatoms. The molecular formula is C29H27F2N3OS. The van der Waals surface area contributed by atoms with E-state index in [-0.39, 0.29) is 6.03 Å². The molecule has 36 heavy (non-hydrogen) atoms. The summed E-state index contributed by atoms with van der Waals surface area (Å²) in [4.78, 5) is 16.9. The molecule has 0 spiro atoms. The highest BCUT2D eigenvalue weighted by Gasteiger charge is 2.36. The minimum atomic E-state index is -0.649. The summed E-state index contributed by atoms with van der Waals surface area (Å²) < 4.78 is 30.9. The highest BCUT2D eigenvalue weighted by Crippen LogP contribution is 2.44. The first-order valence-corrected chi connectivity index (χ1v) is 13.3. The summed E-state index contributed by atoms with van der Waals surface area (Å²) in [5.74, 6) is -1.30. The van der Waals surface area contributed by atoms with E-state index in [4.69, 9.17) is 0 Å². The predicted octanol–water partition coefficient (Wildman–Crippen LogP) is 6.55. The Hall–Kier alpha value is -3.45. The fourth-order valence-corrected chi connectivity index (χ4v) is 6.93. The lowest BCUT2D eigenvalue weighted by atomic mass is 9.95. The van der Waals surface area contributed by atoms with Gasteiger partial charge in [-0.05, 0) is 73.1 Å². The summed E-state index contributed by atoms with van der Waals surface area (Å²) in [6, 6.07) is 16.6. The number of nitrogens with zero attached hydrogens (tertiary/aromatic N) is 2. The van der Waals surface area contributed by atoms with Crippen LogP contribution in [0.2, 0.25) is 0 Å². The number of carbonyl (C=O) groups excluding carboxylic acids is 1. The van der Waals surface area contributed by atoms with Gasteiger partial charge in [0, 0.05) is 29.2 Å². The van der Waals surface area contributed by atoms with Crippen LogP contribution in [0.1, 0.15) is 51.7 Å². The van der Waals surface area contributed by atoms with Gasteiger partial charge in [0.25, 0.3) is 0 Å². The minimum absolute atomic E-state index is 0.239. The standard InChI is InChI=1S/C29H27F2N3OS/c30-21-15-20(16-22(31)17-21)27-25-10-6-14-33(25)28-24(23-9-4-5-11-26(23)36-28)18-34(27)29(35)32-13-12-19-7-2-1-3-8-19/h1-3,6-8,10,14-17,27H,4-5,9,11-13,18H2,(H,32,35)/t27-/m1/s1. The molecule has 2 aromatic carbocycles. The number of hydrogen-bond acceptors (Lipinski definition) is 2. The van der Waals surface area contributed by atoms with Crippen molar-refractivity contribution in [1.82, 2.24) is 14.8 Å². The van der Waals surface area contributed by atoms with E-state index in [1.54, 1.807) is 16.2 Å². The molecule has 184 valence electrons. The average molecular weight is 504 g/mol. The Morgan fingerprint density at radius 2 is 1.75 bits per heavy atom. The van der Waals surface area contributed by atoms with Gasteiger partial charge in [0.1, 0.15) is 22.7 Å². The van der Waals surface area contributed by atoms with Crippen LogP contribution in [0, 0.1) is 11.6 Å². The van der Waals surface area contributed by atoms with Gasteiger partial charge in [-0.15, -0.1) is 11.3 Å². The van der Waals surface area contributed by atoms with Crippen molar-refractivity contribution in [3.63, 3.8) is 0 Å². The Balaban J connectivity index is 1.41. The van der Waals surface area contributed by atoms with Crippen molar-refractivity contribution in [3.05, 3.63) is 111 Å². The number of benzene rings is 2. The number of amides is 2. The molecule has 2 aromatic heterocycles.